The zero-order valence-corrected chi connectivity index (χ0v) is 13.2. The number of hydrogen-bond acceptors (Lipinski definition) is 4. The number of benzene rings is 1. The van der Waals surface area contributed by atoms with Gasteiger partial charge in [0.1, 0.15) is 5.69 Å². The van der Waals surface area contributed by atoms with Gasteiger partial charge in [-0.2, -0.15) is 5.10 Å². The molecule has 0 radical (unpaired) electrons. The number of amides is 1. The molecule has 1 saturated heterocycles. The largest absolute Gasteiger partial charge is 0.348 e. The molecule has 3 aromatic rings. The minimum Gasteiger partial charge on any atom is -0.348 e. The molecule has 0 bridgehead atoms. The molecule has 1 aliphatic rings. The molecule has 24 heavy (non-hydrogen) atoms. The molecule has 1 aliphatic heterocycles. The molecule has 6 heteroatoms. The SMILES string of the molecule is O=C(N[C@@H]1CCCNC1)c1ccc2[nH]nc(-c3ccncc3)c2c1. The second-order valence-corrected chi connectivity index (χ2v) is 6.09. The highest BCUT2D eigenvalue weighted by Gasteiger charge is 2.17. The summed E-state index contributed by atoms with van der Waals surface area (Å²) in [5.74, 6) is -0.0347. The Morgan fingerprint density at radius 2 is 2.08 bits per heavy atom. The van der Waals surface area contributed by atoms with E-state index in [1.54, 1.807) is 12.4 Å². The van der Waals surface area contributed by atoms with Crippen molar-refractivity contribution in [3.05, 3.63) is 48.3 Å². The molecule has 4 rings (SSSR count). The van der Waals surface area contributed by atoms with Crippen LogP contribution >= 0.6 is 0 Å². The summed E-state index contributed by atoms with van der Waals surface area (Å²) < 4.78 is 0. The van der Waals surface area contributed by atoms with Gasteiger partial charge >= 0.3 is 0 Å². The first-order valence-electron chi connectivity index (χ1n) is 8.21. The van der Waals surface area contributed by atoms with Crippen molar-refractivity contribution in [2.24, 2.45) is 0 Å². The van der Waals surface area contributed by atoms with Crippen LogP contribution in [-0.2, 0) is 0 Å². The Morgan fingerprint density at radius 3 is 2.88 bits per heavy atom. The summed E-state index contributed by atoms with van der Waals surface area (Å²) in [6.07, 6.45) is 5.60. The number of piperidine rings is 1. The van der Waals surface area contributed by atoms with Crippen LogP contribution in [0.25, 0.3) is 22.2 Å². The van der Waals surface area contributed by atoms with Crippen molar-refractivity contribution < 1.29 is 4.79 Å². The maximum atomic E-state index is 12.5. The minimum atomic E-state index is -0.0347. The molecule has 1 aromatic carbocycles. The van der Waals surface area contributed by atoms with Crippen LogP contribution in [0.5, 0.6) is 0 Å². The van der Waals surface area contributed by atoms with Gasteiger partial charge in [0.2, 0.25) is 0 Å². The van der Waals surface area contributed by atoms with Crippen LogP contribution in [0.4, 0.5) is 0 Å². The van der Waals surface area contributed by atoms with E-state index in [-0.39, 0.29) is 11.9 Å². The van der Waals surface area contributed by atoms with Gasteiger partial charge in [0.15, 0.2) is 0 Å². The number of pyridine rings is 1. The maximum absolute atomic E-state index is 12.5. The molecule has 2 aromatic heterocycles. The van der Waals surface area contributed by atoms with Gasteiger partial charge in [-0.25, -0.2) is 0 Å². The van der Waals surface area contributed by atoms with E-state index in [0.717, 1.165) is 48.1 Å². The second kappa shape index (κ2) is 6.41. The van der Waals surface area contributed by atoms with Gasteiger partial charge in [-0.05, 0) is 49.7 Å². The molecule has 3 N–H and O–H groups in total. The average molecular weight is 321 g/mol. The van der Waals surface area contributed by atoms with Crippen molar-refractivity contribution in [2.75, 3.05) is 13.1 Å². The smallest absolute Gasteiger partial charge is 0.251 e. The summed E-state index contributed by atoms with van der Waals surface area (Å²) >= 11 is 0. The number of carbonyl (C=O) groups excluding carboxylic acids is 1. The van der Waals surface area contributed by atoms with E-state index < -0.39 is 0 Å². The van der Waals surface area contributed by atoms with Crippen LogP contribution in [-0.4, -0.2) is 40.2 Å². The molecule has 122 valence electrons. The van der Waals surface area contributed by atoms with Crippen molar-refractivity contribution in [1.29, 1.82) is 0 Å². The van der Waals surface area contributed by atoms with E-state index in [0.29, 0.717) is 5.56 Å². The first-order valence-corrected chi connectivity index (χ1v) is 8.21. The van der Waals surface area contributed by atoms with Crippen LogP contribution in [0.15, 0.2) is 42.7 Å². The summed E-state index contributed by atoms with van der Waals surface area (Å²) in [7, 11) is 0. The van der Waals surface area contributed by atoms with Gasteiger partial charge in [0.05, 0.1) is 5.52 Å². The number of fused-ring (bicyclic) bond motifs is 1. The molecular formula is C18H19N5O. The highest BCUT2D eigenvalue weighted by atomic mass is 16.1. The Bertz CT molecular complexity index is 852. The Balaban J connectivity index is 1.63. The number of nitrogens with zero attached hydrogens (tertiary/aromatic N) is 2. The third-order valence-electron chi connectivity index (χ3n) is 4.41. The summed E-state index contributed by atoms with van der Waals surface area (Å²) in [5.41, 5.74) is 3.38. The van der Waals surface area contributed by atoms with Crippen LogP contribution in [0.2, 0.25) is 0 Å². The quantitative estimate of drug-likeness (QED) is 0.690. The van der Waals surface area contributed by atoms with E-state index >= 15 is 0 Å². The third-order valence-corrected chi connectivity index (χ3v) is 4.41. The Labute approximate surface area is 139 Å². The fourth-order valence-electron chi connectivity index (χ4n) is 3.13. The number of nitrogens with one attached hydrogen (secondary N) is 3. The fraction of sp³-hybridized carbons (Fsp3) is 0.278. The Morgan fingerprint density at radius 1 is 1.21 bits per heavy atom. The van der Waals surface area contributed by atoms with Crippen molar-refractivity contribution in [3.63, 3.8) is 0 Å². The topological polar surface area (TPSA) is 82.7 Å². The molecule has 0 saturated carbocycles. The number of H-pyrrole nitrogens is 1. The van der Waals surface area contributed by atoms with Crippen molar-refractivity contribution >= 4 is 16.8 Å². The Hall–Kier alpha value is -2.73. The summed E-state index contributed by atoms with van der Waals surface area (Å²) in [4.78, 5) is 16.6. The monoisotopic (exact) mass is 321 g/mol. The Kier molecular flexibility index (Phi) is 3.96. The first-order chi connectivity index (χ1) is 11.8. The van der Waals surface area contributed by atoms with Gasteiger partial charge in [0.25, 0.3) is 5.91 Å². The lowest BCUT2D eigenvalue weighted by Crippen LogP contribution is -2.45. The van der Waals surface area contributed by atoms with E-state index in [9.17, 15) is 4.79 Å². The van der Waals surface area contributed by atoms with Gasteiger partial charge in [-0.15, -0.1) is 0 Å². The fourth-order valence-corrected chi connectivity index (χ4v) is 3.13. The molecule has 1 atom stereocenters. The minimum absolute atomic E-state index is 0.0347. The van der Waals surface area contributed by atoms with E-state index in [4.69, 9.17) is 0 Å². The predicted octanol–water partition coefficient (Wildman–Crippen LogP) is 2.11. The van der Waals surface area contributed by atoms with Crippen LogP contribution < -0.4 is 10.6 Å². The predicted molar refractivity (Wildman–Crippen MR) is 92.7 cm³/mol. The van der Waals surface area contributed by atoms with Crippen LogP contribution in [0.1, 0.15) is 23.2 Å². The maximum Gasteiger partial charge on any atom is 0.251 e. The lowest BCUT2D eigenvalue weighted by Gasteiger charge is -2.23. The van der Waals surface area contributed by atoms with E-state index in [2.05, 4.69) is 25.8 Å². The van der Waals surface area contributed by atoms with Crippen LogP contribution in [0.3, 0.4) is 0 Å². The summed E-state index contributed by atoms with van der Waals surface area (Å²) in [6.45, 7) is 1.87. The second-order valence-electron chi connectivity index (χ2n) is 6.09. The molecule has 1 amide bonds. The highest BCUT2D eigenvalue weighted by Crippen LogP contribution is 2.26. The van der Waals surface area contributed by atoms with Crippen LogP contribution in [0, 0.1) is 0 Å². The van der Waals surface area contributed by atoms with Crippen molar-refractivity contribution in [2.45, 2.75) is 18.9 Å². The molecule has 1 fully saturated rings. The first kappa shape index (κ1) is 14.8. The highest BCUT2D eigenvalue weighted by molar-refractivity contribution is 6.01. The number of rotatable bonds is 3. The number of aromatic amines is 1. The molecular weight excluding hydrogens is 302 g/mol. The summed E-state index contributed by atoms with van der Waals surface area (Å²) in [5, 5.41) is 14.8. The molecule has 3 heterocycles. The third kappa shape index (κ3) is 2.88. The average Bonchev–Trinajstić information content (AvgIpc) is 3.06. The number of hydrogen-bond donors (Lipinski definition) is 3. The lowest BCUT2D eigenvalue weighted by molar-refractivity contribution is 0.0931. The van der Waals surface area contributed by atoms with Gasteiger partial charge in [-0.3, -0.25) is 14.9 Å². The van der Waals surface area contributed by atoms with Crippen molar-refractivity contribution in [1.82, 2.24) is 25.8 Å². The summed E-state index contributed by atoms with van der Waals surface area (Å²) in [6, 6.07) is 9.67. The number of carbonyl (C=O) groups is 1. The molecule has 0 unspecified atom stereocenters. The van der Waals surface area contributed by atoms with E-state index in [1.165, 1.54) is 0 Å². The molecule has 6 nitrogen and oxygen atoms in total. The van der Waals surface area contributed by atoms with E-state index in [1.807, 2.05) is 30.3 Å². The zero-order chi connectivity index (χ0) is 16.4. The molecule has 0 spiro atoms. The van der Waals surface area contributed by atoms with Gasteiger partial charge in [0, 0.05) is 41.5 Å². The zero-order valence-electron chi connectivity index (χ0n) is 13.2. The molecule has 0 aliphatic carbocycles. The number of aromatic nitrogens is 3. The lowest BCUT2D eigenvalue weighted by atomic mass is 10.0. The van der Waals surface area contributed by atoms with Crippen molar-refractivity contribution in [3.8, 4) is 11.3 Å². The van der Waals surface area contributed by atoms with Gasteiger partial charge < -0.3 is 10.6 Å². The normalized spacial score (nSPS) is 17.8. The standard InChI is InChI=1S/C18H19N5O/c24-18(21-14-2-1-7-20-11-14)13-3-4-16-15(10-13)17(23-22-16)12-5-8-19-9-6-12/h3-6,8-10,14,20H,1-2,7,11H2,(H,21,24)(H,22,23)/t14-/m1/s1. The van der Waals surface area contributed by atoms with Gasteiger partial charge in [-0.1, -0.05) is 0 Å².